The molecule has 0 aliphatic carbocycles. The molecule has 0 saturated heterocycles. The van der Waals surface area contributed by atoms with Crippen molar-refractivity contribution in [2.75, 3.05) is 0 Å². The van der Waals surface area contributed by atoms with Crippen molar-refractivity contribution in [3.8, 4) is 17.4 Å². The van der Waals surface area contributed by atoms with Crippen LogP contribution in [0.3, 0.4) is 0 Å². The van der Waals surface area contributed by atoms with Crippen molar-refractivity contribution in [2.24, 2.45) is 0 Å². The first-order valence-corrected chi connectivity index (χ1v) is 9.12. The van der Waals surface area contributed by atoms with Crippen LogP contribution in [0.25, 0.3) is 11.5 Å². The molecule has 0 N–H and O–H groups in total. The molecule has 3 heterocycles. The van der Waals surface area contributed by atoms with Gasteiger partial charge in [0, 0.05) is 17.8 Å². The summed E-state index contributed by atoms with van der Waals surface area (Å²) < 4.78 is 71.6. The number of halogens is 5. The Labute approximate surface area is 177 Å². The van der Waals surface area contributed by atoms with E-state index >= 15 is 0 Å². The topological polar surface area (TPSA) is 83.5 Å². The van der Waals surface area contributed by atoms with E-state index in [0.29, 0.717) is 17.1 Å². The van der Waals surface area contributed by atoms with E-state index in [1.807, 2.05) is 0 Å². The summed E-state index contributed by atoms with van der Waals surface area (Å²) in [6.07, 6.45) is -6.01. The third kappa shape index (κ3) is 4.40. The van der Waals surface area contributed by atoms with Gasteiger partial charge in [-0.25, -0.2) is 18.1 Å². The van der Waals surface area contributed by atoms with Crippen molar-refractivity contribution >= 4 is 0 Å². The number of hydrogen-bond acceptors (Lipinski definition) is 6. The molecule has 0 aliphatic heterocycles. The Morgan fingerprint density at radius 2 is 1.72 bits per heavy atom. The summed E-state index contributed by atoms with van der Waals surface area (Å²) in [7, 11) is 0. The fourth-order valence-corrected chi connectivity index (χ4v) is 2.77. The summed E-state index contributed by atoms with van der Waals surface area (Å²) in [4.78, 5) is 0. The Bertz CT molecular complexity index is 1200. The molecule has 0 spiro atoms. The molecular weight excluding hydrogens is 437 g/mol. The molecule has 166 valence electrons. The van der Waals surface area contributed by atoms with Gasteiger partial charge in [-0.1, -0.05) is 17.3 Å². The fraction of sp³-hybridized carbons (Fsp3) is 0.211. The summed E-state index contributed by atoms with van der Waals surface area (Å²) in [5.74, 6) is 0.187. The molecule has 0 fully saturated rings. The van der Waals surface area contributed by atoms with Crippen molar-refractivity contribution in [1.82, 2.24) is 35.0 Å². The number of benzene rings is 1. The van der Waals surface area contributed by atoms with Gasteiger partial charge in [0.05, 0.1) is 11.4 Å². The van der Waals surface area contributed by atoms with Gasteiger partial charge in [-0.15, -0.1) is 15.3 Å². The first kappa shape index (κ1) is 21.3. The predicted molar refractivity (Wildman–Crippen MR) is 99.5 cm³/mol. The summed E-state index contributed by atoms with van der Waals surface area (Å²) in [6, 6.07) is 9.24. The van der Waals surface area contributed by atoms with Crippen LogP contribution in [0.1, 0.15) is 29.1 Å². The van der Waals surface area contributed by atoms with E-state index in [-0.39, 0.29) is 23.9 Å². The number of ether oxygens (including phenoxy) is 1. The Balaban J connectivity index is 1.47. The number of alkyl halides is 5. The van der Waals surface area contributed by atoms with Crippen molar-refractivity contribution in [1.29, 1.82) is 0 Å². The first-order chi connectivity index (χ1) is 15.2. The average Bonchev–Trinajstić information content (AvgIpc) is 3.40. The van der Waals surface area contributed by atoms with Gasteiger partial charge in [0.2, 0.25) is 5.88 Å². The standard InChI is InChI=1S/C19H14F5N7O/c1-11-14(31(29-25-11)13-4-2-12(3-5-13)18(20)21)10-32-17-7-6-16(26-27-17)30-9-8-15(28-30)19(22,23)24/h2-9,18H,10H2,1H3. The zero-order chi connectivity index (χ0) is 22.9. The Hall–Kier alpha value is -3.90. The molecule has 0 aliphatic rings. The quantitative estimate of drug-likeness (QED) is 0.411. The largest absolute Gasteiger partial charge is 0.470 e. The smallest absolute Gasteiger partial charge is 0.435 e. The normalized spacial score (nSPS) is 11.8. The monoisotopic (exact) mass is 451 g/mol. The van der Waals surface area contributed by atoms with Gasteiger partial charge in [-0.05, 0) is 31.2 Å². The second kappa shape index (κ2) is 8.32. The van der Waals surface area contributed by atoms with Crippen LogP contribution in [0.2, 0.25) is 0 Å². The molecule has 0 atom stereocenters. The fourth-order valence-electron chi connectivity index (χ4n) is 2.77. The maximum absolute atomic E-state index is 12.8. The van der Waals surface area contributed by atoms with E-state index < -0.39 is 18.3 Å². The zero-order valence-corrected chi connectivity index (χ0v) is 16.3. The van der Waals surface area contributed by atoms with E-state index in [4.69, 9.17) is 4.74 Å². The first-order valence-electron chi connectivity index (χ1n) is 9.12. The van der Waals surface area contributed by atoms with E-state index in [1.54, 1.807) is 6.92 Å². The highest BCUT2D eigenvalue weighted by Crippen LogP contribution is 2.27. The van der Waals surface area contributed by atoms with Crippen LogP contribution in [0.5, 0.6) is 5.88 Å². The van der Waals surface area contributed by atoms with Crippen LogP contribution in [0, 0.1) is 6.92 Å². The van der Waals surface area contributed by atoms with Gasteiger partial charge in [0.1, 0.15) is 12.3 Å². The van der Waals surface area contributed by atoms with Crippen LogP contribution in [0.4, 0.5) is 22.0 Å². The number of aromatic nitrogens is 7. The lowest BCUT2D eigenvalue weighted by atomic mass is 10.2. The molecule has 32 heavy (non-hydrogen) atoms. The summed E-state index contributed by atoms with van der Waals surface area (Å²) in [5, 5.41) is 19.1. The van der Waals surface area contributed by atoms with Crippen molar-refractivity contribution in [2.45, 2.75) is 26.1 Å². The molecule has 0 unspecified atom stereocenters. The van der Waals surface area contributed by atoms with Gasteiger partial charge in [0.15, 0.2) is 11.5 Å². The summed E-state index contributed by atoms with van der Waals surface area (Å²) in [5.41, 5.74) is 0.483. The van der Waals surface area contributed by atoms with Crippen LogP contribution in [-0.4, -0.2) is 35.0 Å². The number of rotatable bonds is 6. The van der Waals surface area contributed by atoms with Crippen LogP contribution < -0.4 is 4.74 Å². The lowest BCUT2D eigenvalue weighted by molar-refractivity contribution is -0.141. The number of aryl methyl sites for hydroxylation is 1. The molecule has 3 aromatic heterocycles. The number of nitrogens with zero attached hydrogens (tertiary/aromatic N) is 7. The van der Waals surface area contributed by atoms with E-state index in [9.17, 15) is 22.0 Å². The van der Waals surface area contributed by atoms with Gasteiger partial charge in [-0.3, -0.25) is 0 Å². The Kier molecular flexibility index (Phi) is 5.55. The van der Waals surface area contributed by atoms with Crippen molar-refractivity contribution in [3.63, 3.8) is 0 Å². The minimum Gasteiger partial charge on any atom is -0.470 e. The molecule has 1 aromatic carbocycles. The lowest BCUT2D eigenvalue weighted by Crippen LogP contribution is -2.09. The second-order valence-electron chi connectivity index (χ2n) is 6.59. The van der Waals surface area contributed by atoms with Crippen LogP contribution in [0.15, 0.2) is 48.7 Å². The minimum atomic E-state index is -4.56. The van der Waals surface area contributed by atoms with Crippen LogP contribution >= 0.6 is 0 Å². The highest BCUT2D eigenvalue weighted by molar-refractivity contribution is 5.36. The molecule has 8 nitrogen and oxygen atoms in total. The summed E-state index contributed by atoms with van der Waals surface area (Å²) >= 11 is 0. The average molecular weight is 451 g/mol. The maximum Gasteiger partial charge on any atom is 0.435 e. The third-order valence-corrected chi connectivity index (χ3v) is 4.44. The Morgan fingerprint density at radius 3 is 2.31 bits per heavy atom. The summed E-state index contributed by atoms with van der Waals surface area (Å²) in [6.45, 7) is 1.70. The van der Waals surface area contributed by atoms with Crippen LogP contribution in [-0.2, 0) is 12.8 Å². The zero-order valence-electron chi connectivity index (χ0n) is 16.3. The highest BCUT2D eigenvalue weighted by Gasteiger charge is 2.33. The molecule has 0 saturated carbocycles. The van der Waals surface area contributed by atoms with Crippen molar-refractivity contribution < 1.29 is 26.7 Å². The molecule has 0 amide bonds. The van der Waals surface area contributed by atoms with Gasteiger partial charge < -0.3 is 4.74 Å². The molecule has 0 radical (unpaired) electrons. The van der Waals surface area contributed by atoms with E-state index in [0.717, 1.165) is 16.9 Å². The minimum absolute atomic E-state index is 0.0105. The lowest BCUT2D eigenvalue weighted by Gasteiger charge is -2.09. The molecule has 4 rings (SSSR count). The molecule has 0 bridgehead atoms. The third-order valence-electron chi connectivity index (χ3n) is 4.44. The predicted octanol–water partition coefficient (Wildman–Crippen LogP) is 4.09. The molecular formula is C19H14F5N7O. The maximum atomic E-state index is 12.8. The van der Waals surface area contributed by atoms with Crippen molar-refractivity contribution in [3.05, 3.63) is 71.3 Å². The van der Waals surface area contributed by atoms with Gasteiger partial charge in [-0.2, -0.15) is 18.3 Å². The van der Waals surface area contributed by atoms with E-state index in [1.165, 1.54) is 41.1 Å². The van der Waals surface area contributed by atoms with Gasteiger partial charge in [0.25, 0.3) is 6.43 Å². The molecule has 4 aromatic rings. The second-order valence-corrected chi connectivity index (χ2v) is 6.59. The number of hydrogen-bond donors (Lipinski definition) is 0. The SMILES string of the molecule is Cc1nnn(-c2ccc(C(F)F)cc2)c1COc1ccc(-n2ccc(C(F)(F)F)n2)nn1. The highest BCUT2D eigenvalue weighted by atomic mass is 19.4. The van der Waals surface area contributed by atoms with Gasteiger partial charge >= 0.3 is 6.18 Å². The molecule has 13 heteroatoms. The van der Waals surface area contributed by atoms with E-state index in [2.05, 4.69) is 25.6 Å². The Morgan fingerprint density at radius 1 is 0.969 bits per heavy atom.